The zero-order valence-corrected chi connectivity index (χ0v) is 17.0. The smallest absolute Gasteiger partial charge is 0.361 e. The van der Waals surface area contributed by atoms with Crippen LogP contribution in [0, 0.1) is 6.92 Å². The van der Waals surface area contributed by atoms with Gasteiger partial charge in [0.1, 0.15) is 12.7 Å². The summed E-state index contributed by atoms with van der Waals surface area (Å²) >= 11 is 6.04. The molecule has 4 rings (SSSR count). The Balaban J connectivity index is 1.43. The van der Waals surface area contributed by atoms with Crippen LogP contribution >= 0.6 is 11.6 Å². The molecular weight excluding hydrogens is 422 g/mol. The van der Waals surface area contributed by atoms with Gasteiger partial charge in [-0.05, 0) is 37.3 Å². The summed E-state index contributed by atoms with van der Waals surface area (Å²) in [5.41, 5.74) is 2.07. The van der Waals surface area contributed by atoms with Crippen LogP contribution in [0.5, 0.6) is 0 Å². The molecule has 31 heavy (non-hydrogen) atoms. The predicted octanol–water partition coefficient (Wildman–Crippen LogP) is 2.61. The summed E-state index contributed by atoms with van der Waals surface area (Å²) in [6.45, 7) is 1.12. The molecule has 0 aliphatic carbocycles. The summed E-state index contributed by atoms with van der Waals surface area (Å²) in [5, 5.41) is 15.5. The van der Waals surface area contributed by atoms with E-state index in [0.717, 1.165) is 0 Å². The van der Waals surface area contributed by atoms with Gasteiger partial charge in [-0.2, -0.15) is 15.0 Å². The summed E-state index contributed by atoms with van der Waals surface area (Å²) in [6.07, 6.45) is 2.85. The number of amides is 1. The van der Waals surface area contributed by atoms with Crippen molar-refractivity contribution in [3.05, 3.63) is 77.6 Å². The fourth-order valence-electron chi connectivity index (χ4n) is 2.77. The molecule has 11 heteroatoms. The lowest BCUT2D eigenvalue weighted by molar-refractivity contribution is -0.119. The standard InChI is InChI=1S/C20H16ClN7O3/c1-13-19(26-28(25-13)15-5-3-2-4-6-15)20(30)31-10-18(29)24-16-9-14(21)7-8-17(16)27-12-22-11-23-27/h2-9,11-12H,10H2,1H3,(H,24,29). The molecule has 0 aliphatic heterocycles. The van der Waals surface area contributed by atoms with Crippen molar-refractivity contribution in [1.29, 1.82) is 0 Å². The predicted molar refractivity (Wildman–Crippen MR) is 111 cm³/mol. The van der Waals surface area contributed by atoms with Gasteiger partial charge in [0.05, 0.1) is 22.8 Å². The third-order valence-corrected chi connectivity index (χ3v) is 4.43. The van der Waals surface area contributed by atoms with Gasteiger partial charge in [0.25, 0.3) is 5.91 Å². The number of anilines is 1. The number of ether oxygens (including phenoxy) is 1. The number of aromatic nitrogens is 6. The maximum atomic E-state index is 12.4. The maximum absolute atomic E-state index is 12.4. The second kappa shape index (κ2) is 8.76. The molecule has 2 aromatic heterocycles. The van der Waals surface area contributed by atoms with Crippen molar-refractivity contribution in [2.24, 2.45) is 0 Å². The number of esters is 1. The van der Waals surface area contributed by atoms with E-state index in [2.05, 4.69) is 25.6 Å². The SMILES string of the molecule is Cc1nn(-c2ccccc2)nc1C(=O)OCC(=O)Nc1cc(Cl)ccc1-n1cncn1. The topological polar surface area (TPSA) is 117 Å². The summed E-state index contributed by atoms with van der Waals surface area (Å²) in [7, 11) is 0. The highest BCUT2D eigenvalue weighted by molar-refractivity contribution is 6.31. The summed E-state index contributed by atoms with van der Waals surface area (Å²) in [4.78, 5) is 30.0. The zero-order chi connectivity index (χ0) is 21.8. The molecule has 0 fully saturated rings. The first kappa shape index (κ1) is 20.2. The number of hydrogen-bond acceptors (Lipinski definition) is 7. The molecule has 4 aromatic rings. The quantitative estimate of drug-likeness (QED) is 0.461. The number of nitrogens with zero attached hydrogens (tertiary/aromatic N) is 6. The number of carbonyl (C=O) groups is 2. The highest BCUT2D eigenvalue weighted by Crippen LogP contribution is 2.24. The van der Waals surface area contributed by atoms with Crippen molar-refractivity contribution >= 4 is 29.2 Å². The zero-order valence-electron chi connectivity index (χ0n) is 16.3. The van der Waals surface area contributed by atoms with E-state index >= 15 is 0 Å². The van der Waals surface area contributed by atoms with Crippen molar-refractivity contribution in [2.45, 2.75) is 6.92 Å². The molecular formula is C20H16ClN7O3. The van der Waals surface area contributed by atoms with Crippen molar-refractivity contribution in [3.63, 3.8) is 0 Å². The number of nitrogens with one attached hydrogen (secondary N) is 1. The van der Waals surface area contributed by atoms with Crippen LogP contribution in [0.15, 0.2) is 61.2 Å². The average molecular weight is 438 g/mol. The molecule has 1 amide bonds. The van der Waals surface area contributed by atoms with Gasteiger partial charge >= 0.3 is 5.97 Å². The van der Waals surface area contributed by atoms with E-state index in [1.807, 2.05) is 18.2 Å². The highest BCUT2D eigenvalue weighted by Gasteiger charge is 2.19. The molecule has 0 unspecified atom stereocenters. The van der Waals surface area contributed by atoms with Gasteiger partial charge in [0.2, 0.25) is 0 Å². The van der Waals surface area contributed by atoms with E-state index in [9.17, 15) is 9.59 Å². The summed E-state index contributed by atoms with van der Waals surface area (Å²) < 4.78 is 6.59. The number of aryl methyl sites for hydroxylation is 1. The van der Waals surface area contributed by atoms with Gasteiger partial charge < -0.3 is 10.1 Å². The number of carbonyl (C=O) groups excluding carboxylic acids is 2. The van der Waals surface area contributed by atoms with Crippen LogP contribution < -0.4 is 5.32 Å². The Bertz CT molecular complexity index is 1220. The van der Waals surface area contributed by atoms with Gasteiger partial charge in [-0.15, -0.1) is 5.10 Å². The number of hydrogen-bond donors (Lipinski definition) is 1. The van der Waals surface area contributed by atoms with Crippen LogP contribution in [-0.2, 0) is 9.53 Å². The van der Waals surface area contributed by atoms with E-state index in [1.165, 1.54) is 22.1 Å². The van der Waals surface area contributed by atoms with Gasteiger partial charge in [-0.25, -0.2) is 14.5 Å². The number of para-hydroxylation sites is 1. The lowest BCUT2D eigenvalue weighted by Crippen LogP contribution is -2.22. The van der Waals surface area contributed by atoms with Gasteiger partial charge in [0, 0.05) is 5.02 Å². The number of rotatable bonds is 6. The van der Waals surface area contributed by atoms with E-state index in [-0.39, 0.29) is 5.69 Å². The largest absolute Gasteiger partial charge is 0.451 e. The Morgan fingerprint density at radius 3 is 2.68 bits per heavy atom. The van der Waals surface area contributed by atoms with Crippen molar-refractivity contribution in [3.8, 4) is 11.4 Å². The van der Waals surface area contributed by atoms with E-state index in [4.69, 9.17) is 16.3 Å². The minimum absolute atomic E-state index is 0.0303. The second-order valence-electron chi connectivity index (χ2n) is 6.38. The fraction of sp³-hybridized carbons (Fsp3) is 0.100. The molecule has 0 saturated heterocycles. The molecule has 2 heterocycles. The minimum atomic E-state index is -0.752. The molecule has 0 radical (unpaired) electrons. The van der Waals surface area contributed by atoms with Crippen LogP contribution in [-0.4, -0.2) is 48.2 Å². The van der Waals surface area contributed by atoms with Crippen molar-refractivity contribution < 1.29 is 14.3 Å². The van der Waals surface area contributed by atoms with Crippen LogP contribution in [0.25, 0.3) is 11.4 Å². The Morgan fingerprint density at radius 2 is 1.94 bits per heavy atom. The van der Waals surface area contributed by atoms with Gasteiger partial charge in [-0.3, -0.25) is 4.79 Å². The second-order valence-corrected chi connectivity index (χ2v) is 6.82. The van der Waals surface area contributed by atoms with Crippen LogP contribution in [0.2, 0.25) is 5.02 Å². The first-order chi connectivity index (χ1) is 15.0. The molecule has 0 spiro atoms. The van der Waals surface area contributed by atoms with Crippen LogP contribution in [0.3, 0.4) is 0 Å². The van der Waals surface area contributed by atoms with Crippen molar-refractivity contribution in [1.82, 2.24) is 29.8 Å². The van der Waals surface area contributed by atoms with E-state index < -0.39 is 18.5 Å². The van der Waals surface area contributed by atoms with Crippen LogP contribution in [0.4, 0.5) is 5.69 Å². The van der Waals surface area contributed by atoms with Crippen LogP contribution in [0.1, 0.15) is 16.2 Å². The van der Waals surface area contributed by atoms with Gasteiger partial charge in [0.15, 0.2) is 12.3 Å². The summed E-state index contributed by atoms with van der Waals surface area (Å²) in [5.74, 6) is -1.30. The third kappa shape index (κ3) is 4.59. The Labute approximate surface area is 181 Å². The molecule has 0 aliphatic rings. The molecule has 10 nitrogen and oxygen atoms in total. The fourth-order valence-corrected chi connectivity index (χ4v) is 2.94. The monoisotopic (exact) mass is 437 g/mol. The third-order valence-electron chi connectivity index (χ3n) is 4.20. The minimum Gasteiger partial charge on any atom is -0.451 e. The van der Waals surface area contributed by atoms with E-state index in [1.54, 1.807) is 37.3 Å². The molecule has 0 saturated carbocycles. The Morgan fingerprint density at radius 1 is 1.13 bits per heavy atom. The number of benzene rings is 2. The molecule has 156 valence electrons. The van der Waals surface area contributed by atoms with E-state index in [0.29, 0.717) is 27.8 Å². The lowest BCUT2D eigenvalue weighted by Gasteiger charge is -2.11. The first-order valence-corrected chi connectivity index (χ1v) is 9.50. The normalized spacial score (nSPS) is 10.6. The molecule has 0 bridgehead atoms. The van der Waals surface area contributed by atoms with Gasteiger partial charge in [-0.1, -0.05) is 29.8 Å². The maximum Gasteiger partial charge on any atom is 0.361 e. The average Bonchev–Trinajstić information content (AvgIpc) is 3.43. The molecule has 2 aromatic carbocycles. The van der Waals surface area contributed by atoms with Crippen molar-refractivity contribution in [2.75, 3.05) is 11.9 Å². The highest BCUT2D eigenvalue weighted by atomic mass is 35.5. The Hall–Kier alpha value is -4.05. The first-order valence-electron chi connectivity index (χ1n) is 9.12. The summed E-state index contributed by atoms with van der Waals surface area (Å²) in [6, 6.07) is 14.0. The Kier molecular flexibility index (Phi) is 5.72. The molecule has 0 atom stereocenters. The number of halogens is 1. The molecule has 1 N–H and O–H groups in total. The lowest BCUT2D eigenvalue weighted by atomic mass is 10.2.